The molecule has 2 aliphatic carbocycles. The minimum Gasteiger partial charge on any atom is -0.347 e. The van der Waals surface area contributed by atoms with Crippen molar-refractivity contribution in [2.24, 2.45) is 5.92 Å². The molecule has 2 saturated carbocycles. The van der Waals surface area contributed by atoms with Crippen molar-refractivity contribution < 1.29 is 14.4 Å². The Morgan fingerprint density at radius 3 is 2.05 bits per heavy atom. The highest BCUT2D eigenvalue weighted by molar-refractivity contribution is 5.98. The van der Waals surface area contributed by atoms with Gasteiger partial charge in [0, 0.05) is 31.7 Å². The first-order chi connectivity index (χ1) is 18.0. The van der Waals surface area contributed by atoms with Gasteiger partial charge in [-0.3, -0.25) is 14.4 Å². The van der Waals surface area contributed by atoms with Crippen molar-refractivity contribution in [3.05, 3.63) is 35.9 Å². The fourth-order valence-electron chi connectivity index (χ4n) is 6.65. The number of rotatable bonds is 8. The van der Waals surface area contributed by atoms with E-state index in [1.807, 2.05) is 35.2 Å². The summed E-state index contributed by atoms with van der Waals surface area (Å²) in [6.45, 7) is 1.92. The molecule has 1 aromatic carbocycles. The van der Waals surface area contributed by atoms with Crippen LogP contribution in [0, 0.1) is 5.92 Å². The maximum Gasteiger partial charge on any atom is 0.254 e. The Hall–Kier alpha value is -2.41. The number of likely N-dealkylation sites (tertiary alicyclic amines) is 1. The van der Waals surface area contributed by atoms with Crippen LogP contribution in [-0.2, 0) is 9.59 Å². The molecule has 1 unspecified atom stereocenters. The van der Waals surface area contributed by atoms with Crippen LogP contribution in [-0.4, -0.2) is 84.3 Å². The number of hydrogen-bond donors (Lipinski definition) is 1. The third-order valence-electron chi connectivity index (χ3n) is 8.82. The molecule has 4 rings (SSSR count). The zero-order chi connectivity index (χ0) is 26.2. The predicted molar refractivity (Wildman–Crippen MR) is 146 cm³/mol. The lowest BCUT2D eigenvalue weighted by Crippen LogP contribution is -2.59. The third kappa shape index (κ3) is 7.13. The van der Waals surface area contributed by atoms with E-state index < -0.39 is 6.04 Å². The van der Waals surface area contributed by atoms with Crippen molar-refractivity contribution in [1.29, 1.82) is 0 Å². The van der Waals surface area contributed by atoms with Gasteiger partial charge in [0.1, 0.15) is 6.04 Å². The molecule has 0 aromatic heterocycles. The predicted octanol–water partition coefficient (Wildman–Crippen LogP) is 4.08. The number of benzene rings is 1. The molecule has 3 fully saturated rings. The van der Waals surface area contributed by atoms with Crippen molar-refractivity contribution in [2.45, 2.75) is 95.2 Å². The van der Waals surface area contributed by atoms with Crippen LogP contribution in [0.2, 0.25) is 0 Å². The average Bonchev–Trinajstić information content (AvgIpc) is 2.95. The summed E-state index contributed by atoms with van der Waals surface area (Å²) in [7, 11) is 3.39. The Kier molecular flexibility index (Phi) is 10.0. The molecular formula is C30H46N4O3. The van der Waals surface area contributed by atoms with Crippen molar-refractivity contribution >= 4 is 17.7 Å². The van der Waals surface area contributed by atoms with Crippen LogP contribution in [0.4, 0.5) is 0 Å². The van der Waals surface area contributed by atoms with E-state index in [-0.39, 0.29) is 36.2 Å². The molecule has 1 aromatic rings. The molecule has 37 heavy (non-hydrogen) atoms. The number of nitrogens with one attached hydrogen (secondary N) is 1. The molecule has 0 spiro atoms. The number of piperidine rings is 1. The van der Waals surface area contributed by atoms with Crippen LogP contribution in [0.1, 0.15) is 87.4 Å². The van der Waals surface area contributed by atoms with Gasteiger partial charge in [-0.1, -0.05) is 56.7 Å². The van der Waals surface area contributed by atoms with Gasteiger partial charge in [0.2, 0.25) is 11.8 Å². The fourth-order valence-corrected chi connectivity index (χ4v) is 6.65. The summed E-state index contributed by atoms with van der Waals surface area (Å²) in [5.74, 6) is -0.288. The third-order valence-corrected chi connectivity index (χ3v) is 8.82. The van der Waals surface area contributed by atoms with E-state index in [2.05, 4.69) is 10.2 Å². The first kappa shape index (κ1) is 27.6. The Morgan fingerprint density at radius 2 is 1.46 bits per heavy atom. The van der Waals surface area contributed by atoms with Gasteiger partial charge in [-0.05, 0) is 69.7 Å². The fraction of sp³-hybridized carbons (Fsp3) is 0.700. The number of nitrogens with zero attached hydrogens (tertiary/aromatic N) is 3. The summed E-state index contributed by atoms with van der Waals surface area (Å²) in [5.41, 5.74) is 0.634. The van der Waals surface area contributed by atoms with E-state index in [0.717, 1.165) is 51.6 Å². The van der Waals surface area contributed by atoms with Crippen molar-refractivity contribution in [3.63, 3.8) is 0 Å². The molecule has 1 N–H and O–H groups in total. The molecular weight excluding hydrogens is 464 g/mol. The molecule has 1 atom stereocenters. The van der Waals surface area contributed by atoms with Crippen LogP contribution in [0.3, 0.4) is 0 Å². The van der Waals surface area contributed by atoms with Gasteiger partial charge in [-0.25, -0.2) is 0 Å². The summed E-state index contributed by atoms with van der Waals surface area (Å²) in [4.78, 5) is 46.3. The largest absolute Gasteiger partial charge is 0.347 e. The summed E-state index contributed by atoms with van der Waals surface area (Å²) < 4.78 is 0. The molecule has 3 amide bonds. The second-order valence-corrected chi connectivity index (χ2v) is 11.5. The first-order valence-electron chi connectivity index (χ1n) is 14.6. The Bertz CT molecular complexity index is 885. The standard InChI is InChI=1S/C30H46N4O3/c1-32(2)27(35)22-31-29(36)28(23-18-20-33(21-19-23)25-14-8-4-9-15-25)34(26-16-10-5-11-17-26)30(37)24-12-6-3-7-13-24/h3,6-7,12-13,23,25-26,28H,4-5,8-11,14-22H2,1-2H3,(H,31,36). The van der Waals surface area contributed by atoms with E-state index in [1.54, 1.807) is 14.1 Å². The SMILES string of the molecule is CN(C)C(=O)CNC(=O)C(C1CCN(C2CCCCC2)CC1)N(C(=O)c1ccccc1)C1CCCCC1. The lowest BCUT2D eigenvalue weighted by molar-refractivity contribution is -0.134. The van der Waals surface area contributed by atoms with Crippen molar-refractivity contribution in [2.75, 3.05) is 33.7 Å². The van der Waals surface area contributed by atoms with Crippen LogP contribution in [0.25, 0.3) is 0 Å². The maximum absolute atomic E-state index is 14.1. The molecule has 1 aliphatic heterocycles. The van der Waals surface area contributed by atoms with E-state index in [4.69, 9.17) is 0 Å². The van der Waals surface area contributed by atoms with Crippen LogP contribution in [0.15, 0.2) is 30.3 Å². The van der Waals surface area contributed by atoms with Gasteiger partial charge in [-0.15, -0.1) is 0 Å². The van der Waals surface area contributed by atoms with Crippen LogP contribution >= 0.6 is 0 Å². The van der Waals surface area contributed by atoms with Gasteiger partial charge >= 0.3 is 0 Å². The van der Waals surface area contributed by atoms with Crippen molar-refractivity contribution in [3.8, 4) is 0 Å². The highest BCUT2D eigenvalue weighted by Crippen LogP contribution is 2.34. The quantitative estimate of drug-likeness (QED) is 0.572. The lowest BCUT2D eigenvalue weighted by atomic mass is 9.83. The van der Waals surface area contributed by atoms with Crippen molar-refractivity contribution in [1.82, 2.24) is 20.0 Å². The molecule has 3 aliphatic rings. The summed E-state index contributed by atoms with van der Waals surface area (Å²) in [6, 6.07) is 9.57. The monoisotopic (exact) mass is 510 g/mol. The normalized spacial score (nSPS) is 21.2. The lowest BCUT2D eigenvalue weighted by Gasteiger charge is -2.46. The first-order valence-corrected chi connectivity index (χ1v) is 14.6. The topological polar surface area (TPSA) is 73.0 Å². The number of amides is 3. The molecule has 0 radical (unpaired) electrons. The van der Waals surface area contributed by atoms with E-state index in [9.17, 15) is 14.4 Å². The molecule has 1 heterocycles. The second-order valence-electron chi connectivity index (χ2n) is 11.5. The van der Waals surface area contributed by atoms with Gasteiger partial charge in [0.15, 0.2) is 0 Å². The highest BCUT2D eigenvalue weighted by atomic mass is 16.2. The molecule has 7 heteroatoms. The maximum atomic E-state index is 14.1. The van der Waals surface area contributed by atoms with Crippen LogP contribution < -0.4 is 5.32 Å². The summed E-state index contributed by atoms with van der Waals surface area (Å²) in [6.07, 6.45) is 13.5. The summed E-state index contributed by atoms with van der Waals surface area (Å²) >= 11 is 0. The Balaban J connectivity index is 1.58. The van der Waals surface area contributed by atoms with E-state index >= 15 is 0 Å². The molecule has 204 valence electrons. The van der Waals surface area contributed by atoms with E-state index in [1.165, 1.54) is 43.4 Å². The van der Waals surface area contributed by atoms with E-state index in [0.29, 0.717) is 11.6 Å². The number of carbonyl (C=O) groups is 3. The van der Waals surface area contributed by atoms with Gasteiger partial charge in [-0.2, -0.15) is 0 Å². The minimum absolute atomic E-state index is 0.0404. The zero-order valence-electron chi connectivity index (χ0n) is 22.9. The Labute approximate surface area is 222 Å². The smallest absolute Gasteiger partial charge is 0.254 e. The highest BCUT2D eigenvalue weighted by Gasteiger charge is 2.42. The number of likely N-dealkylation sites (N-methyl/N-ethyl adjacent to an activating group) is 1. The average molecular weight is 511 g/mol. The van der Waals surface area contributed by atoms with Crippen LogP contribution in [0.5, 0.6) is 0 Å². The van der Waals surface area contributed by atoms with Gasteiger partial charge in [0.25, 0.3) is 5.91 Å². The van der Waals surface area contributed by atoms with Gasteiger partial charge in [0.05, 0.1) is 6.54 Å². The number of hydrogen-bond acceptors (Lipinski definition) is 4. The number of carbonyl (C=O) groups excluding carboxylic acids is 3. The zero-order valence-corrected chi connectivity index (χ0v) is 22.9. The van der Waals surface area contributed by atoms with Gasteiger partial charge < -0.3 is 20.0 Å². The second kappa shape index (κ2) is 13.4. The summed E-state index contributed by atoms with van der Waals surface area (Å²) in [5, 5.41) is 2.92. The molecule has 7 nitrogen and oxygen atoms in total. The molecule has 0 bridgehead atoms. The minimum atomic E-state index is -0.556. The Morgan fingerprint density at radius 1 is 0.865 bits per heavy atom. The molecule has 1 saturated heterocycles.